The predicted octanol–water partition coefficient (Wildman–Crippen LogP) is 8.83. The molecular formula is C35H39N3. The lowest BCUT2D eigenvalue weighted by Crippen LogP contribution is -2.24. The maximum Gasteiger partial charge on any atom is 0.140 e. The first-order chi connectivity index (χ1) is 18.6. The predicted molar refractivity (Wildman–Crippen MR) is 160 cm³/mol. The fourth-order valence-electron chi connectivity index (χ4n) is 5.25. The van der Waals surface area contributed by atoms with Crippen molar-refractivity contribution in [2.45, 2.75) is 65.7 Å². The second-order valence-electron chi connectivity index (χ2n) is 10.6. The molecule has 38 heavy (non-hydrogen) atoms. The van der Waals surface area contributed by atoms with Crippen molar-refractivity contribution < 1.29 is 0 Å². The molecule has 0 aliphatic heterocycles. The van der Waals surface area contributed by atoms with Gasteiger partial charge in [-0.1, -0.05) is 124 Å². The van der Waals surface area contributed by atoms with E-state index < -0.39 is 0 Å². The molecule has 0 saturated heterocycles. The molecule has 3 nitrogen and oxygen atoms in total. The van der Waals surface area contributed by atoms with Crippen LogP contribution >= 0.6 is 0 Å². The Morgan fingerprint density at radius 1 is 0.763 bits per heavy atom. The highest BCUT2D eigenvalue weighted by Gasteiger charge is 2.17. The smallest absolute Gasteiger partial charge is 0.140 e. The first-order valence-electron chi connectivity index (χ1n) is 14.0. The second kappa shape index (κ2) is 12.2. The minimum Gasteiger partial charge on any atom is -0.327 e. The average Bonchev–Trinajstić information content (AvgIpc) is 3.35. The molecule has 194 valence electrons. The third kappa shape index (κ3) is 6.06. The number of hydrogen-bond acceptors (Lipinski definition) is 2. The summed E-state index contributed by atoms with van der Waals surface area (Å²) in [6.45, 7) is 10.4. The van der Waals surface area contributed by atoms with E-state index in [1.54, 1.807) is 0 Å². The Labute approximate surface area is 227 Å². The fourth-order valence-corrected chi connectivity index (χ4v) is 5.25. The van der Waals surface area contributed by atoms with Crippen molar-refractivity contribution in [1.29, 1.82) is 0 Å². The van der Waals surface area contributed by atoms with Crippen molar-refractivity contribution in [3.05, 3.63) is 126 Å². The van der Waals surface area contributed by atoms with Crippen LogP contribution in [0.25, 0.3) is 22.2 Å². The Bertz CT molecular complexity index is 1440. The van der Waals surface area contributed by atoms with Crippen LogP contribution < -0.4 is 0 Å². The molecule has 1 heterocycles. The van der Waals surface area contributed by atoms with Gasteiger partial charge in [-0.2, -0.15) is 0 Å². The van der Waals surface area contributed by atoms with Gasteiger partial charge >= 0.3 is 0 Å². The Kier molecular flexibility index (Phi) is 8.35. The maximum absolute atomic E-state index is 4.92. The van der Waals surface area contributed by atoms with Gasteiger partial charge in [0.25, 0.3) is 0 Å². The molecule has 0 saturated carbocycles. The molecule has 0 bridgehead atoms. The molecule has 0 amide bonds. The summed E-state index contributed by atoms with van der Waals surface area (Å²) in [6, 6.07) is 35.2. The number of fused-ring (bicyclic) bond motifs is 1. The Hall–Kier alpha value is -3.69. The normalized spacial score (nSPS) is 11.6. The van der Waals surface area contributed by atoms with E-state index in [4.69, 9.17) is 4.98 Å². The molecule has 0 spiro atoms. The lowest BCUT2D eigenvalue weighted by molar-refractivity contribution is 0.242. The molecule has 0 N–H and O–H groups in total. The molecule has 5 aromatic rings. The van der Waals surface area contributed by atoms with Crippen molar-refractivity contribution in [3.8, 4) is 11.4 Å². The van der Waals surface area contributed by atoms with Gasteiger partial charge in [-0.05, 0) is 39.8 Å². The summed E-state index contributed by atoms with van der Waals surface area (Å²) in [6.07, 6.45) is 4.40. The number of rotatable bonds is 11. The van der Waals surface area contributed by atoms with E-state index in [2.05, 4.69) is 133 Å². The summed E-state index contributed by atoms with van der Waals surface area (Å²) in [5.74, 6) is 1.61. The molecular weight excluding hydrogens is 462 g/mol. The largest absolute Gasteiger partial charge is 0.327 e. The van der Waals surface area contributed by atoms with E-state index >= 15 is 0 Å². The fraction of sp³-hybridized carbons (Fsp3) is 0.286. The minimum atomic E-state index is 0.542. The summed E-state index contributed by atoms with van der Waals surface area (Å²) >= 11 is 0. The van der Waals surface area contributed by atoms with E-state index in [1.165, 1.54) is 38.7 Å². The number of unbranched alkanes of at least 4 members (excludes halogenated alkanes) is 1. The topological polar surface area (TPSA) is 21.1 Å². The van der Waals surface area contributed by atoms with Gasteiger partial charge in [0.15, 0.2) is 0 Å². The highest BCUT2D eigenvalue weighted by atomic mass is 15.2. The molecule has 0 radical (unpaired) electrons. The van der Waals surface area contributed by atoms with Crippen molar-refractivity contribution in [2.24, 2.45) is 0 Å². The molecule has 3 heteroatoms. The highest BCUT2D eigenvalue weighted by molar-refractivity contribution is 5.85. The van der Waals surface area contributed by atoms with Crippen LogP contribution in [-0.4, -0.2) is 14.5 Å². The van der Waals surface area contributed by atoms with Gasteiger partial charge < -0.3 is 4.57 Å². The van der Waals surface area contributed by atoms with Crippen LogP contribution in [-0.2, 0) is 26.2 Å². The number of aromatic nitrogens is 2. The Morgan fingerprint density at radius 3 is 2.26 bits per heavy atom. The monoisotopic (exact) mass is 501 g/mol. The summed E-state index contributed by atoms with van der Waals surface area (Å²) in [5.41, 5.74) is 6.55. The standard InChI is InChI=1S/C35H39N3/c1-4-5-22-38-33(23-36-35(38)31-13-7-6-8-14-31)26-37(24-28-18-20-29(21-19-28)27(2)3)25-32-16-11-15-30-12-9-10-17-34(30)32/h6-21,23,27H,4-5,22,24-26H2,1-3H3. The Morgan fingerprint density at radius 2 is 1.50 bits per heavy atom. The lowest BCUT2D eigenvalue weighted by atomic mass is 10.0. The average molecular weight is 502 g/mol. The number of hydrogen-bond donors (Lipinski definition) is 0. The number of nitrogens with zero attached hydrogens (tertiary/aromatic N) is 3. The summed E-state index contributed by atoms with van der Waals surface area (Å²) < 4.78 is 2.44. The van der Waals surface area contributed by atoms with Crippen LogP contribution in [0.2, 0.25) is 0 Å². The lowest BCUT2D eigenvalue weighted by Gasteiger charge is -2.25. The second-order valence-corrected chi connectivity index (χ2v) is 10.6. The van der Waals surface area contributed by atoms with E-state index in [9.17, 15) is 0 Å². The summed E-state index contributed by atoms with van der Waals surface area (Å²) in [5, 5.41) is 2.63. The SMILES string of the molecule is CCCCn1c(CN(Cc2ccc(C(C)C)cc2)Cc2cccc3ccccc23)cnc1-c1ccccc1. The number of benzene rings is 4. The maximum atomic E-state index is 4.92. The first kappa shape index (κ1) is 25.9. The van der Waals surface area contributed by atoms with Crippen molar-refractivity contribution in [3.63, 3.8) is 0 Å². The summed E-state index contributed by atoms with van der Waals surface area (Å²) in [4.78, 5) is 7.49. The van der Waals surface area contributed by atoms with Gasteiger partial charge in [-0.15, -0.1) is 0 Å². The zero-order chi connectivity index (χ0) is 26.3. The van der Waals surface area contributed by atoms with E-state index in [0.29, 0.717) is 5.92 Å². The molecule has 5 rings (SSSR count). The molecule has 0 unspecified atom stereocenters. The zero-order valence-corrected chi connectivity index (χ0v) is 23.0. The van der Waals surface area contributed by atoms with E-state index in [0.717, 1.165) is 44.8 Å². The molecule has 1 aromatic heterocycles. The van der Waals surface area contributed by atoms with E-state index in [1.807, 2.05) is 0 Å². The third-order valence-electron chi connectivity index (χ3n) is 7.42. The van der Waals surface area contributed by atoms with Gasteiger partial charge in [-0.3, -0.25) is 4.90 Å². The molecule has 0 aliphatic carbocycles. The van der Waals surface area contributed by atoms with Crippen LogP contribution in [0, 0.1) is 0 Å². The highest BCUT2D eigenvalue weighted by Crippen LogP contribution is 2.25. The molecule has 4 aromatic carbocycles. The van der Waals surface area contributed by atoms with Crippen LogP contribution in [0.5, 0.6) is 0 Å². The van der Waals surface area contributed by atoms with Crippen molar-refractivity contribution in [1.82, 2.24) is 14.5 Å². The van der Waals surface area contributed by atoms with Crippen LogP contribution in [0.4, 0.5) is 0 Å². The molecule has 0 fully saturated rings. The van der Waals surface area contributed by atoms with Gasteiger partial charge in [0.1, 0.15) is 5.82 Å². The Balaban J connectivity index is 1.49. The molecule has 0 aliphatic rings. The van der Waals surface area contributed by atoms with Crippen LogP contribution in [0.15, 0.2) is 103 Å². The quantitative estimate of drug-likeness (QED) is 0.180. The van der Waals surface area contributed by atoms with Gasteiger partial charge in [0.2, 0.25) is 0 Å². The minimum absolute atomic E-state index is 0.542. The number of imidazole rings is 1. The van der Waals surface area contributed by atoms with Gasteiger partial charge in [-0.25, -0.2) is 4.98 Å². The summed E-state index contributed by atoms with van der Waals surface area (Å²) in [7, 11) is 0. The van der Waals surface area contributed by atoms with E-state index in [-0.39, 0.29) is 0 Å². The third-order valence-corrected chi connectivity index (χ3v) is 7.42. The first-order valence-corrected chi connectivity index (χ1v) is 14.0. The van der Waals surface area contributed by atoms with Gasteiger partial charge in [0.05, 0.1) is 11.9 Å². The van der Waals surface area contributed by atoms with Crippen LogP contribution in [0.1, 0.15) is 61.9 Å². The zero-order valence-electron chi connectivity index (χ0n) is 23.0. The van der Waals surface area contributed by atoms with Crippen molar-refractivity contribution >= 4 is 10.8 Å². The van der Waals surface area contributed by atoms with Crippen molar-refractivity contribution in [2.75, 3.05) is 0 Å². The molecule has 0 atom stereocenters. The van der Waals surface area contributed by atoms with Crippen LogP contribution in [0.3, 0.4) is 0 Å². The van der Waals surface area contributed by atoms with Gasteiger partial charge in [0, 0.05) is 31.7 Å².